The smallest absolute Gasteiger partial charge is 0.173 e. The molecule has 2 atom stereocenters. The van der Waals surface area contributed by atoms with Crippen molar-refractivity contribution in [3.05, 3.63) is 0 Å². The summed E-state index contributed by atoms with van der Waals surface area (Å²) in [5.74, 6) is -0.268. The van der Waals surface area contributed by atoms with Crippen molar-refractivity contribution < 1.29 is 14.6 Å². The van der Waals surface area contributed by atoms with E-state index in [1.54, 1.807) is 0 Å². The first-order valence-corrected chi connectivity index (χ1v) is 5.20. The number of hydrogen-bond donors (Lipinski definition) is 1. The molecule has 1 spiro atoms. The molecule has 1 aliphatic heterocycles. The van der Waals surface area contributed by atoms with Crippen molar-refractivity contribution in [2.75, 3.05) is 13.2 Å². The first-order valence-electron chi connectivity index (χ1n) is 5.20. The first-order chi connectivity index (χ1) is 6.25. The van der Waals surface area contributed by atoms with Crippen LogP contribution in [0.2, 0.25) is 0 Å². The molecule has 2 rings (SSSR count). The second-order valence-electron chi connectivity index (χ2n) is 4.10. The Bertz CT molecular complexity index is 173. The molecule has 13 heavy (non-hydrogen) atoms. The number of aliphatic hydroxyl groups is 1. The normalized spacial score (nSPS) is 35.1. The Hall–Kier alpha value is -0.120. The minimum Gasteiger partial charge on any atom is -0.393 e. The molecule has 1 N–H and O–H groups in total. The third-order valence-electron chi connectivity index (χ3n) is 3.21. The molecular formula is C10H18O3. The summed E-state index contributed by atoms with van der Waals surface area (Å²) in [5, 5.41) is 9.64. The maximum Gasteiger partial charge on any atom is 0.173 e. The summed E-state index contributed by atoms with van der Waals surface area (Å²) in [7, 11) is 0. The van der Waals surface area contributed by atoms with Crippen molar-refractivity contribution in [3.8, 4) is 0 Å². The number of hydrogen-bond acceptors (Lipinski definition) is 3. The van der Waals surface area contributed by atoms with Gasteiger partial charge in [-0.25, -0.2) is 0 Å². The zero-order valence-electron chi connectivity index (χ0n) is 8.16. The highest BCUT2D eigenvalue weighted by Gasteiger charge is 2.47. The summed E-state index contributed by atoms with van der Waals surface area (Å²) in [6, 6.07) is 0. The third-order valence-corrected chi connectivity index (χ3v) is 3.21. The van der Waals surface area contributed by atoms with Crippen LogP contribution in [0.3, 0.4) is 0 Å². The van der Waals surface area contributed by atoms with E-state index in [9.17, 15) is 5.11 Å². The fourth-order valence-electron chi connectivity index (χ4n) is 2.58. The maximum absolute atomic E-state index is 9.64. The van der Waals surface area contributed by atoms with Gasteiger partial charge in [-0.1, -0.05) is 6.42 Å². The number of ether oxygens (including phenoxy) is 2. The largest absolute Gasteiger partial charge is 0.393 e. The Morgan fingerprint density at radius 1 is 1.31 bits per heavy atom. The zero-order valence-corrected chi connectivity index (χ0v) is 8.16. The van der Waals surface area contributed by atoms with E-state index >= 15 is 0 Å². The Morgan fingerprint density at radius 2 is 2.00 bits per heavy atom. The Labute approximate surface area is 79.0 Å². The van der Waals surface area contributed by atoms with Crippen molar-refractivity contribution in [2.45, 2.75) is 44.5 Å². The summed E-state index contributed by atoms with van der Waals surface area (Å²) in [5.41, 5.74) is 0. The van der Waals surface area contributed by atoms with E-state index in [2.05, 4.69) is 0 Å². The lowest BCUT2D eigenvalue weighted by Gasteiger charge is -2.40. The molecule has 0 aromatic heterocycles. The van der Waals surface area contributed by atoms with Crippen LogP contribution in [0.4, 0.5) is 0 Å². The van der Waals surface area contributed by atoms with E-state index < -0.39 is 5.79 Å². The minimum absolute atomic E-state index is 0.170. The summed E-state index contributed by atoms with van der Waals surface area (Å²) < 4.78 is 11.3. The molecule has 1 saturated heterocycles. The molecule has 2 aliphatic rings. The van der Waals surface area contributed by atoms with E-state index in [1.807, 2.05) is 6.92 Å². The van der Waals surface area contributed by atoms with Gasteiger partial charge in [-0.15, -0.1) is 0 Å². The number of aliphatic hydroxyl groups excluding tert-OH is 1. The Morgan fingerprint density at radius 3 is 2.62 bits per heavy atom. The molecule has 2 fully saturated rings. The van der Waals surface area contributed by atoms with Crippen LogP contribution >= 0.6 is 0 Å². The van der Waals surface area contributed by atoms with Crippen molar-refractivity contribution in [1.29, 1.82) is 0 Å². The fraction of sp³-hybridized carbons (Fsp3) is 1.00. The van der Waals surface area contributed by atoms with Gasteiger partial charge in [0.15, 0.2) is 5.79 Å². The van der Waals surface area contributed by atoms with E-state index in [0.29, 0.717) is 13.2 Å². The van der Waals surface area contributed by atoms with Crippen molar-refractivity contribution in [2.24, 2.45) is 5.92 Å². The molecular weight excluding hydrogens is 168 g/mol. The molecule has 0 aromatic rings. The standard InChI is InChI=1S/C10H18O3/c1-8(11)9-4-2-3-5-10(9)12-6-7-13-10/h8-9,11H,2-7H2,1H3/t8-,9-/m0/s1. The van der Waals surface area contributed by atoms with Crippen molar-refractivity contribution in [1.82, 2.24) is 0 Å². The highest BCUT2D eigenvalue weighted by Crippen LogP contribution is 2.41. The van der Waals surface area contributed by atoms with Gasteiger partial charge in [-0.3, -0.25) is 0 Å². The van der Waals surface area contributed by atoms with Crippen LogP contribution in [-0.4, -0.2) is 30.2 Å². The van der Waals surface area contributed by atoms with Crippen LogP contribution in [0, 0.1) is 5.92 Å². The summed E-state index contributed by atoms with van der Waals surface area (Å²) in [6.07, 6.45) is 3.99. The average Bonchev–Trinajstić information content (AvgIpc) is 2.54. The van der Waals surface area contributed by atoms with E-state index in [0.717, 1.165) is 19.3 Å². The summed E-state index contributed by atoms with van der Waals surface area (Å²) in [4.78, 5) is 0. The minimum atomic E-state index is -0.438. The molecule has 0 amide bonds. The Balaban J connectivity index is 2.12. The van der Waals surface area contributed by atoms with E-state index in [4.69, 9.17) is 9.47 Å². The van der Waals surface area contributed by atoms with E-state index in [-0.39, 0.29) is 12.0 Å². The topological polar surface area (TPSA) is 38.7 Å². The molecule has 1 saturated carbocycles. The third kappa shape index (κ3) is 1.60. The van der Waals surface area contributed by atoms with Crippen LogP contribution in [-0.2, 0) is 9.47 Å². The van der Waals surface area contributed by atoms with Crippen LogP contribution in [0.15, 0.2) is 0 Å². The molecule has 0 unspecified atom stereocenters. The van der Waals surface area contributed by atoms with Crippen LogP contribution in [0.1, 0.15) is 32.6 Å². The maximum atomic E-state index is 9.64. The van der Waals surface area contributed by atoms with E-state index in [1.165, 1.54) is 6.42 Å². The van der Waals surface area contributed by atoms with Gasteiger partial charge in [0.05, 0.1) is 19.3 Å². The van der Waals surface area contributed by atoms with Gasteiger partial charge in [0.25, 0.3) is 0 Å². The Kier molecular flexibility index (Phi) is 2.58. The SMILES string of the molecule is C[C@H](O)[C@@H]1CCCCC12OCCO2. The predicted octanol–water partition coefficient (Wildman–Crippen LogP) is 1.30. The van der Waals surface area contributed by atoms with Gasteiger partial charge >= 0.3 is 0 Å². The highest BCUT2D eigenvalue weighted by atomic mass is 16.7. The second-order valence-corrected chi connectivity index (χ2v) is 4.10. The molecule has 1 aliphatic carbocycles. The van der Waals surface area contributed by atoms with Crippen molar-refractivity contribution in [3.63, 3.8) is 0 Å². The lowest BCUT2D eigenvalue weighted by atomic mass is 9.80. The fourth-order valence-corrected chi connectivity index (χ4v) is 2.58. The molecule has 0 aromatic carbocycles. The quantitative estimate of drug-likeness (QED) is 0.671. The van der Waals surface area contributed by atoms with Gasteiger partial charge in [0, 0.05) is 12.3 Å². The zero-order chi connectivity index (χ0) is 9.31. The second kappa shape index (κ2) is 3.56. The highest BCUT2D eigenvalue weighted by molar-refractivity contribution is 4.89. The molecule has 3 nitrogen and oxygen atoms in total. The molecule has 3 heteroatoms. The van der Waals surface area contributed by atoms with Crippen LogP contribution in [0.25, 0.3) is 0 Å². The van der Waals surface area contributed by atoms with Gasteiger partial charge in [0.2, 0.25) is 0 Å². The molecule has 76 valence electrons. The van der Waals surface area contributed by atoms with Crippen molar-refractivity contribution >= 4 is 0 Å². The lowest BCUT2D eigenvalue weighted by molar-refractivity contribution is -0.230. The van der Waals surface area contributed by atoms with Gasteiger partial charge in [-0.05, 0) is 19.8 Å². The number of rotatable bonds is 1. The molecule has 1 heterocycles. The summed E-state index contributed by atoms with van der Waals surface area (Å²) in [6.45, 7) is 3.20. The molecule has 0 bridgehead atoms. The van der Waals surface area contributed by atoms with Gasteiger partial charge in [-0.2, -0.15) is 0 Å². The summed E-state index contributed by atoms with van der Waals surface area (Å²) >= 11 is 0. The monoisotopic (exact) mass is 186 g/mol. The molecule has 0 radical (unpaired) electrons. The van der Waals surface area contributed by atoms with Crippen LogP contribution < -0.4 is 0 Å². The lowest BCUT2D eigenvalue weighted by Crippen LogP contribution is -2.46. The van der Waals surface area contributed by atoms with Gasteiger partial charge < -0.3 is 14.6 Å². The first kappa shape index (κ1) is 9.44. The van der Waals surface area contributed by atoms with Gasteiger partial charge in [0.1, 0.15) is 0 Å². The predicted molar refractivity (Wildman–Crippen MR) is 48.3 cm³/mol. The average molecular weight is 186 g/mol. The van der Waals surface area contributed by atoms with Crippen LogP contribution in [0.5, 0.6) is 0 Å².